The third-order valence-electron chi connectivity index (χ3n) is 2.34. The van der Waals surface area contributed by atoms with Gasteiger partial charge in [-0.2, -0.15) is 0 Å². The highest BCUT2D eigenvalue weighted by atomic mass is 79.9. The molecule has 72 valence electrons. The molecular formula is C11H10BrNO. The molecule has 1 aromatic carbocycles. The molecule has 1 N–H and O–H groups in total. The Kier molecular flexibility index (Phi) is 2.19. The number of nitrogens with one attached hydrogen (secondary N) is 1. The van der Waals surface area contributed by atoms with Gasteiger partial charge in [0.2, 0.25) is 0 Å². The van der Waals surface area contributed by atoms with Crippen LogP contribution in [0, 0.1) is 6.92 Å². The van der Waals surface area contributed by atoms with E-state index < -0.39 is 0 Å². The first-order valence-corrected chi connectivity index (χ1v) is 5.17. The maximum Gasteiger partial charge on any atom is 0.161 e. The zero-order valence-electron chi connectivity index (χ0n) is 8.02. The van der Waals surface area contributed by atoms with Crippen LogP contribution in [0.3, 0.4) is 0 Å². The quantitative estimate of drug-likeness (QED) is 0.775. The van der Waals surface area contributed by atoms with Gasteiger partial charge in [0.15, 0.2) is 5.78 Å². The van der Waals surface area contributed by atoms with Crippen LogP contribution in [0.4, 0.5) is 0 Å². The summed E-state index contributed by atoms with van der Waals surface area (Å²) in [5.41, 5.74) is 2.75. The summed E-state index contributed by atoms with van der Waals surface area (Å²) in [5, 5.41) is 1.07. The Hall–Kier alpha value is -1.09. The molecule has 0 saturated carbocycles. The van der Waals surface area contributed by atoms with Crippen LogP contribution in [-0.2, 0) is 0 Å². The number of Topliss-reactive ketones (excluding diaryl/α,β-unsaturated/α-hetero) is 1. The van der Waals surface area contributed by atoms with E-state index in [1.807, 2.05) is 25.3 Å². The predicted octanol–water partition coefficient (Wildman–Crippen LogP) is 3.44. The van der Waals surface area contributed by atoms with Gasteiger partial charge in [-0.15, -0.1) is 0 Å². The molecule has 2 aromatic rings. The lowest BCUT2D eigenvalue weighted by Crippen LogP contribution is -1.95. The van der Waals surface area contributed by atoms with Crippen LogP contribution in [0.25, 0.3) is 10.9 Å². The van der Waals surface area contributed by atoms with Crippen molar-refractivity contribution in [2.24, 2.45) is 0 Å². The number of aromatic amines is 1. The van der Waals surface area contributed by atoms with Gasteiger partial charge >= 0.3 is 0 Å². The number of aromatic nitrogens is 1. The second-order valence-electron chi connectivity index (χ2n) is 3.38. The number of rotatable bonds is 1. The Morgan fingerprint density at radius 3 is 2.86 bits per heavy atom. The zero-order valence-corrected chi connectivity index (χ0v) is 9.60. The number of fused-ring (bicyclic) bond motifs is 1. The van der Waals surface area contributed by atoms with Crippen LogP contribution < -0.4 is 0 Å². The van der Waals surface area contributed by atoms with E-state index in [-0.39, 0.29) is 5.78 Å². The standard InChI is InChI=1S/C11H10BrNO/c1-6-5-9(7(2)14)11-8(10(6)12)3-4-13-11/h3-5,13H,1-2H3. The Balaban J connectivity index is 2.91. The molecule has 0 fully saturated rings. The van der Waals surface area contributed by atoms with Crippen LogP contribution in [0.5, 0.6) is 0 Å². The fourth-order valence-electron chi connectivity index (χ4n) is 1.62. The molecule has 0 unspecified atom stereocenters. The summed E-state index contributed by atoms with van der Waals surface area (Å²) in [6.45, 7) is 3.58. The van der Waals surface area contributed by atoms with Gasteiger partial charge in [0.1, 0.15) is 0 Å². The topological polar surface area (TPSA) is 32.9 Å². The molecule has 0 saturated heterocycles. The first kappa shape index (κ1) is 9.46. The maximum absolute atomic E-state index is 11.4. The molecule has 1 heterocycles. The van der Waals surface area contributed by atoms with Gasteiger partial charge in [-0.25, -0.2) is 0 Å². The SMILES string of the molecule is CC(=O)c1cc(C)c(Br)c2cc[nH]c12. The number of carbonyl (C=O) groups is 1. The first-order chi connectivity index (χ1) is 6.61. The second kappa shape index (κ2) is 3.24. The van der Waals surface area contributed by atoms with E-state index in [2.05, 4.69) is 20.9 Å². The molecule has 0 aliphatic carbocycles. The van der Waals surface area contributed by atoms with Crippen molar-refractivity contribution in [1.82, 2.24) is 4.98 Å². The normalized spacial score (nSPS) is 10.8. The average molecular weight is 252 g/mol. The summed E-state index contributed by atoms with van der Waals surface area (Å²) in [5.74, 6) is 0.0908. The van der Waals surface area contributed by atoms with Crippen molar-refractivity contribution >= 4 is 32.6 Å². The average Bonchev–Trinajstić information content (AvgIpc) is 2.59. The highest BCUT2D eigenvalue weighted by Gasteiger charge is 2.11. The third kappa shape index (κ3) is 1.28. The molecule has 0 aliphatic rings. The minimum absolute atomic E-state index is 0.0908. The van der Waals surface area contributed by atoms with Gasteiger partial charge in [-0.05, 0) is 47.5 Å². The summed E-state index contributed by atoms with van der Waals surface area (Å²) in [6.07, 6.45) is 1.85. The Labute approximate surface area is 90.4 Å². The van der Waals surface area contributed by atoms with Crippen molar-refractivity contribution in [3.63, 3.8) is 0 Å². The number of H-pyrrole nitrogens is 1. The molecule has 0 spiro atoms. The molecule has 0 aliphatic heterocycles. The Morgan fingerprint density at radius 1 is 1.50 bits per heavy atom. The van der Waals surface area contributed by atoms with E-state index in [0.717, 1.165) is 26.5 Å². The van der Waals surface area contributed by atoms with Crippen LogP contribution in [0.15, 0.2) is 22.8 Å². The van der Waals surface area contributed by atoms with E-state index in [0.29, 0.717) is 0 Å². The molecule has 14 heavy (non-hydrogen) atoms. The molecular weight excluding hydrogens is 242 g/mol. The van der Waals surface area contributed by atoms with E-state index in [1.165, 1.54) is 0 Å². The van der Waals surface area contributed by atoms with Crippen molar-refractivity contribution in [3.8, 4) is 0 Å². The number of halogens is 1. The summed E-state index contributed by atoms with van der Waals surface area (Å²) in [4.78, 5) is 14.5. The molecule has 0 bridgehead atoms. The number of carbonyl (C=O) groups excluding carboxylic acids is 1. The molecule has 0 radical (unpaired) electrons. The minimum atomic E-state index is 0.0908. The van der Waals surface area contributed by atoms with Crippen LogP contribution in [0.1, 0.15) is 22.8 Å². The van der Waals surface area contributed by atoms with Gasteiger partial charge in [0, 0.05) is 21.6 Å². The second-order valence-corrected chi connectivity index (χ2v) is 4.17. The van der Waals surface area contributed by atoms with E-state index in [1.54, 1.807) is 6.92 Å². The first-order valence-electron chi connectivity index (χ1n) is 4.38. The Bertz CT molecular complexity index is 513. The fraction of sp³-hybridized carbons (Fsp3) is 0.182. The Morgan fingerprint density at radius 2 is 2.21 bits per heavy atom. The number of hydrogen-bond donors (Lipinski definition) is 1. The van der Waals surface area contributed by atoms with Crippen molar-refractivity contribution in [2.75, 3.05) is 0 Å². The summed E-state index contributed by atoms with van der Waals surface area (Å²) >= 11 is 3.51. The highest BCUT2D eigenvalue weighted by Crippen LogP contribution is 2.29. The lowest BCUT2D eigenvalue weighted by atomic mass is 10.1. The summed E-state index contributed by atoms with van der Waals surface area (Å²) in [6, 6.07) is 3.88. The van der Waals surface area contributed by atoms with Crippen molar-refractivity contribution in [3.05, 3.63) is 33.9 Å². The molecule has 0 amide bonds. The van der Waals surface area contributed by atoms with Gasteiger partial charge < -0.3 is 4.98 Å². The lowest BCUT2D eigenvalue weighted by molar-refractivity contribution is 0.101. The van der Waals surface area contributed by atoms with Crippen LogP contribution in [0.2, 0.25) is 0 Å². The van der Waals surface area contributed by atoms with E-state index >= 15 is 0 Å². The highest BCUT2D eigenvalue weighted by molar-refractivity contribution is 9.10. The number of benzene rings is 1. The van der Waals surface area contributed by atoms with Crippen molar-refractivity contribution in [2.45, 2.75) is 13.8 Å². The maximum atomic E-state index is 11.4. The molecule has 2 rings (SSSR count). The molecule has 3 heteroatoms. The molecule has 0 atom stereocenters. The minimum Gasteiger partial charge on any atom is -0.361 e. The summed E-state index contributed by atoms with van der Waals surface area (Å²) in [7, 11) is 0. The van der Waals surface area contributed by atoms with Gasteiger partial charge in [-0.1, -0.05) is 0 Å². The van der Waals surface area contributed by atoms with E-state index in [9.17, 15) is 4.79 Å². The monoisotopic (exact) mass is 251 g/mol. The van der Waals surface area contributed by atoms with Gasteiger partial charge in [0.25, 0.3) is 0 Å². The third-order valence-corrected chi connectivity index (χ3v) is 3.39. The number of ketones is 1. The lowest BCUT2D eigenvalue weighted by Gasteiger charge is -2.04. The molecule has 2 nitrogen and oxygen atoms in total. The van der Waals surface area contributed by atoms with Crippen LogP contribution in [-0.4, -0.2) is 10.8 Å². The summed E-state index contributed by atoms with van der Waals surface area (Å²) < 4.78 is 1.05. The predicted molar refractivity (Wildman–Crippen MR) is 60.7 cm³/mol. The molecule has 1 aromatic heterocycles. The van der Waals surface area contributed by atoms with Crippen molar-refractivity contribution < 1.29 is 4.79 Å². The zero-order chi connectivity index (χ0) is 10.3. The van der Waals surface area contributed by atoms with Gasteiger partial charge in [0.05, 0.1) is 5.52 Å². The van der Waals surface area contributed by atoms with Crippen molar-refractivity contribution in [1.29, 1.82) is 0 Å². The fourth-order valence-corrected chi connectivity index (χ4v) is 2.06. The van der Waals surface area contributed by atoms with E-state index in [4.69, 9.17) is 0 Å². The largest absolute Gasteiger partial charge is 0.361 e. The van der Waals surface area contributed by atoms with Crippen LogP contribution >= 0.6 is 15.9 Å². The number of aryl methyl sites for hydroxylation is 1. The number of hydrogen-bond acceptors (Lipinski definition) is 1. The smallest absolute Gasteiger partial charge is 0.161 e. The van der Waals surface area contributed by atoms with Gasteiger partial charge in [-0.3, -0.25) is 4.79 Å².